The third-order valence-electron chi connectivity index (χ3n) is 1.86. The molecule has 1 aromatic rings. The van der Waals surface area contributed by atoms with Gasteiger partial charge in [-0.1, -0.05) is 6.92 Å². The van der Waals surface area contributed by atoms with Gasteiger partial charge in [0, 0.05) is 6.20 Å². The highest BCUT2D eigenvalue weighted by Crippen LogP contribution is 1.91. The van der Waals surface area contributed by atoms with Gasteiger partial charge in [0.15, 0.2) is 0 Å². The van der Waals surface area contributed by atoms with Gasteiger partial charge in [0.1, 0.15) is 6.33 Å². The SMILES string of the molecule is CCC(N)C(=O)NCc1ccncn1. The van der Waals surface area contributed by atoms with E-state index < -0.39 is 6.04 Å². The van der Waals surface area contributed by atoms with Crippen molar-refractivity contribution < 1.29 is 4.79 Å². The molecule has 76 valence electrons. The molecule has 0 aliphatic carbocycles. The lowest BCUT2D eigenvalue weighted by Gasteiger charge is -2.08. The number of carbonyl (C=O) groups excluding carboxylic acids is 1. The van der Waals surface area contributed by atoms with Crippen LogP contribution in [0.4, 0.5) is 0 Å². The Bertz CT molecular complexity index is 288. The Morgan fingerprint density at radius 1 is 1.71 bits per heavy atom. The quantitative estimate of drug-likeness (QED) is 0.697. The average Bonchev–Trinajstić information content (AvgIpc) is 2.26. The second-order valence-corrected chi connectivity index (χ2v) is 2.93. The van der Waals surface area contributed by atoms with E-state index in [1.807, 2.05) is 6.92 Å². The van der Waals surface area contributed by atoms with Gasteiger partial charge in [0.2, 0.25) is 5.91 Å². The van der Waals surface area contributed by atoms with Gasteiger partial charge in [-0.25, -0.2) is 9.97 Å². The Morgan fingerprint density at radius 2 is 2.50 bits per heavy atom. The normalized spacial score (nSPS) is 12.1. The van der Waals surface area contributed by atoms with Crippen molar-refractivity contribution >= 4 is 5.91 Å². The van der Waals surface area contributed by atoms with Gasteiger partial charge in [-0.15, -0.1) is 0 Å². The van der Waals surface area contributed by atoms with E-state index in [4.69, 9.17) is 5.73 Å². The average molecular weight is 194 g/mol. The molecule has 0 aliphatic rings. The van der Waals surface area contributed by atoms with Crippen LogP contribution in [0.1, 0.15) is 19.0 Å². The van der Waals surface area contributed by atoms with Gasteiger partial charge in [-0.2, -0.15) is 0 Å². The molecule has 3 N–H and O–H groups in total. The summed E-state index contributed by atoms with van der Waals surface area (Å²) >= 11 is 0. The summed E-state index contributed by atoms with van der Waals surface area (Å²) in [7, 11) is 0. The van der Waals surface area contributed by atoms with Crippen LogP contribution in [0, 0.1) is 0 Å². The predicted molar refractivity (Wildman–Crippen MR) is 52.1 cm³/mol. The minimum atomic E-state index is -0.433. The summed E-state index contributed by atoms with van der Waals surface area (Å²) in [4.78, 5) is 19.0. The summed E-state index contributed by atoms with van der Waals surface area (Å²) in [6.07, 6.45) is 3.71. The number of carbonyl (C=O) groups is 1. The molecule has 1 atom stereocenters. The first-order valence-electron chi connectivity index (χ1n) is 4.52. The van der Waals surface area contributed by atoms with Gasteiger partial charge in [0.05, 0.1) is 18.3 Å². The fourth-order valence-electron chi connectivity index (χ4n) is 0.917. The van der Waals surface area contributed by atoms with Gasteiger partial charge in [-0.05, 0) is 12.5 Å². The van der Waals surface area contributed by atoms with E-state index in [9.17, 15) is 4.79 Å². The molecule has 1 unspecified atom stereocenters. The highest BCUT2D eigenvalue weighted by Gasteiger charge is 2.09. The van der Waals surface area contributed by atoms with Crippen LogP contribution in [0.3, 0.4) is 0 Å². The van der Waals surface area contributed by atoms with Crippen LogP contribution < -0.4 is 11.1 Å². The third kappa shape index (κ3) is 3.10. The second kappa shape index (κ2) is 5.29. The predicted octanol–water partition coefficient (Wildman–Crippen LogP) is -0.170. The van der Waals surface area contributed by atoms with Crippen molar-refractivity contribution in [3.05, 3.63) is 24.3 Å². The standard InChI is InChI=1S/C9H14N4O/c1-2-8(10)9(14)12-5-7-3-4-11-6-13-7/h3-4,6,8H,2,5,10H2,1H3,(H,12,14). The zero-order valence-corrected chi connectivity index (χ0v) is 8.10. The molecule has 0 aliphatic heterocycles. The van der Waals surface area contributed by atoms with Gasteiger partial charge in [0.25, 0.3) is 0 Å². The van der Waals surface area contributed by atoms with E-state index in [1.165, 1.54) is 6.33 Å². The minimum Gasteiger partial charge on any atom is -0.349 e. The van der Waals surface area contributed by atoms with Crippen LogP contribution in [-0.4, -0.2) is 21.9 Å². The molecule has 14 heavy (non-hydrogen) atoms. The van der Waals surface area contributed by atoms with Crippen LogP contribution >= 0.6 is 0 Å². The fraction of sp³-hybridized carbons (Fsp3) is 0.444. The Balaban J connectivity index is 2.38. The molecule has 1 heterocycles. The Labute approximate surface area is 82.7 Å². The molecule has 0 fully saturated rings. The molecule has 5 nitrogen and oxygen atoms in total. The molecule has 0 radical (unpaired) electrons. The smallest absolute Gasteiger partial charge is 0.237 e. The Kier molecular flexibility index (Phi) is 4.00. The van der Waals surface area contributed by atoms with Gasteiger partial charge in [-0.3, -0.25) is 4.79 Å². The summed E-state index contributed by atoms with van der Waals surface area (Å²) in [5, 5.41) is 2.70. The first kappa shape index (κ1) is 10.6. The van der Waals surface area contributed by atoms with Crippen LogP contribution in [0.5, 0.6) is 0 Å². The lowest BCUT2D eigenvalue weighted by atomic mass is 10.2. The monoisotopic (exact) mass is 194 g/mol. The Hall–Kier alpha value is -1.49. The maximum Gasteiger partial charge on any atom is 0.237 e. The number of nitrogens with zero attached hydrogens (tertiary/aromatic N) is 2. The summed E-state index contributed by atoms with van der Waals surface area (Å²) in [6.45, 7) is 2.27. The summed E-state index contributed by atoms with van der Waals surface area (Å²) < 4.78 is 0. The van der Waals surface area contributed by atoms with Crippen molar-refractivity contribution in [2.24, 2.45) is 5.73 Å². The highest BCUT2D eigenvalue weighted by molar-refractivity contribution is 5.81. The van der Waals surface area contributed by atoms with E-state index in [0.717, 1.165) is 5.69 Å². The molecule has 1 rings (SSSR count). The topological polar surface area (TPSA) is 80.9 Å². The summed E-state index contributed by atoms with van der Waals surface area (Å²) in [6, 6.07) is 1.31. The number of amides is 1. The molecule has 0 bridgehead atoms. The largest absolute Gasteiger partial charge is 0.349 e. The summed E-state index contributed by atoms with van der Waals surface area (Å²) in [5.41, 5.74) is 6.31. The molecule has 1 aromatic heterocycles. The van der Waals surface area contributed by atoms with Gasteiger partial charge < -0.3 is 11.1 Å². The summed E-state index contributed by atoms with van der Waals surface area (Å²) in [5.74, 6) is -0.147. The molecule has 0 saturated carbocycles. The van der Waals surface area contributed by atoms with Crippen LogP contribution in [0.25, 0.3) is 0 Å². The maximum atomic E-state index is 11.3. The molecule has 0 spiro atoms. The van der Waals surface area contributed by atoms with E-state index in [0.29, 0.717) is 13.0 Å². The lowest BCUT2D eigenvalue weighted by Crippen LogP contribution is -2.39. The van der Waals surface area contributed by atoms with E-state index in [-0.39, 0.29) is 5.91 Å². The van der Waals surface area contributed by atoms with Crippen LogP contribution in [-0.2, 0) is 11.3 Å². The second-order valence-electron chi connectivity index (χ2n) is 2.93. The number of hydrogen-bond acceptors (Lipinski definition) is 4. The minimum absolute atomic E-state index is 0.147. The molecule has 0 aromatic carbocycles. The number of hydrogen-bond donors (Lipinski definition) is 2. The van der Waals surface area contributed by atoms with Crippen molar-refractivity contribution in [1.29, 1.82) is 0 Å². The maximum absolute atomic E-state index is 11.3. The highest BCUT2D eigenvalue weighted by atomic mass is 16.2. The van der Waals surface area contributed by atoms with Crippen molar-refractivity contribution in [3.63, 3.8) is 0 Å². The number of rotatable bonds is 4. The van der Waals surface area contributed by atoms with E-state index >= 15 is 0 Å². The number of nitrogens with two attached hydrogens (primary N) is 1. The van der Waals surface area contributed by atoms with Crippen LogP contribution in [0.15, 0.2) is 18.6 Å². The van der Waals surface area contributed by atoms with Gasteiger partial charge >= 0.3 is 0 Å². The van der Waals surface area contributed by atoms with E-state index in [2.05, 4.69) is 15.3 Å². The molecular weight excluding hydrogens is 180 g/mol. The van der Waals surface area contributed by atoms with E-state index in [1.54, 1.807) is 12.3 Å². The van der Waals surface area contributed by atoms with Crippen molar-refractivity contribution in [2.75, 3.05) is 0 Å². The van der Waals surface area contributed by atoms with Crippen molar-refractivity contribution in [1.82, 2.24) is 15.3 Å². The van der Waals surface area contributed by atoms with Crippen LogP contribution in [0.2, 0.25) is 0 Å². The lowest BCUT2D eigenvalue weighted by molar-refractivity contribution is -0.122. The first-order valence-corrected chi connectivity index (χ1v) is 4.52. The van der Waals surface area contributed by atoms with Crippen molar-refractivity contribution in [2.45, 2.75) is 25.9 Å². The number of nitrogens with one attached hydrogen (secondary N) is 1. The molecule has 0 saturated heterocycles. The number of aromatic nitrogens is 2. The van der Waals surface area contributed by atoms with Crippen molar-refractivity contribution in [3.8, 4) is 0 Å². The first-order chi connectivity index (χ1) is 6.74. The third-order valence-corrected chi connectivity index (χ3v) is 1.86. The fourth-order valence-corrected chi connectivity index (χ4v) is 0.917. The molecule has 5 heteroatoms. The molecular formula is C9H14N4O. The Morgan fingerprint density at radius 3 is 3.07 bits per heavy atom. The molecule has 1 amide bonds. The zero-order chi connectivity index (χ0) is 10.4. The zero-order valence-electron chi connectivity index (χ0n) is 8.10.